The van der Waals surface area contributed by atoms with Gasteiger partial charge in [0.05, 0.1) is 0 Å². The van der Waals surface area contributed by atoms with E-state index >= 15 is 0 Å². The van der Waals surface area contributed by atoms with Gasteiger partial charge in [0, 0.05) is 12.1 Å². The summed E-state index contributed by atoms with van der Waals surface area (Å²) in [4.78, 5) is 25.4. The Labute approximate surface area is 145 Å². The fraction of sp³-hybridized carbons (Fsp3) is 0.438. The largest absolute Gasteiger partial charge is 0.451 e. The van der Waals surface area contributed by atoms with Gasteiger partial charge in [0.15, 0.2) is 11.9 Å². The third-order valence-corrected chi connectivity index (χ3v) is 5.68. The maximum atomic E-state index is 12.5. The average molecular weight is 365 g/mol. The van der Waals surface area contributed by atoms with Crippen molar-refractivity contribution < 1.29 is 22.7 Å². The first kappa shape index (κ1) is 17.4. The molecule has 9 heteroatoms. The summed E-state index contributed by atoms with van der Waals surface area (Å²) in [6.07, 6.45) is 1.04. The number of hydrogen-bond donors (Lipinski definition) is 1. The highest BCUT2D eigenvalue weighted by molar-refractivity contribution is 7.90. The van der Waals surface area contributed by atoms with E-state index in [1.54, 1.807) is 23.1 Å². The fourth-order valence-corrected chi connectivity index (χ4v) is 4.25. The first-order valence-corrected chi connectivity index (χ1v) is 9.46. The van der Waals surface area contributed by atoms with Crippen molar-refractivity contribution >= 4 is 27.7 Å². The molecule has 25 heavy (non-hydrogen) atoms. The van der Waals surface area contributed by atoms with Gasteiger partial charge < -0.3 is 15.4 Å². The number of amides is 1. The zero-order chi connectivity index (χ0) is 18.2. The SMILES string of the molecule is C[C@H](OC(=O)[C@@H]1CCCCN1C1=NS(=O)(=O)c2ccccc21)C(N)=O. The number of fused-ring (bicyclic) bond motifs is 1. The molecule has 2 atom stereocenters. The Kier molecular flexibility index (Phi) is 4.51. The molecule has 0 bridgehead atoms. The summed E-state index contributed by atoms with van der Waals surface area (Å²) in [5, 5.41) is 0. The number of likely N-dealkylation sites (tertiary alicyclic amines) is 1. The Morgan fingerprint density at radius 1 is 1.32 bits per heavy atom. The predicted molar refractivity (Wildman–Crippen MR) is 89.3 cm³/mol. The minimum Gasteiger partial charge on any atom is -0.451 e. The number of piperidine rings is 1. The van der Waals surface area contributed by atoms with Crippen molar-refractivity contribution in [2.75, 3.05) is 6.54 Å². The second-order valence-corrected chi connectivity index (χ2v) is 7.65. The van der Waals surface area contributed by atoms with Gasteiger partial charge in [0.1, 0.15) is 10.9 Å². The lowest BCUT2D eigenvalue weighted by Gasteiger charge is -2.35. The van der Waals surface area contributed by atoms with E-state index < -0.39 is 34.0 Å². The van der Waals surface area contributed by atoms with Gasteiger partial charge in [-0.25, -0.2) is 4.79 Å². The number of amidine groups is 1. The molecule has 0 unspecified atom stereocenters. The number of nitrogens with zero attached hydrogens (tertiary/aromatic N) is 2. The van der Waals surface area contributed by atoms with Crippen LogP contribution < -0.4 is 5.73 Å². The summed E-state index contributed by atoms with van der Waals surface area (Å²) >= 11 is 0. The standard InChI is InChI=1S/C16H19N3O5S/c1-10(14(17)20)24-16(21)12-7-4-5-9-19(12)15-11-6-2-3-8-13(11)25(22,23)18-15/h2-3,6,8,10,12H,4-5,7,9H2,1H3,(H2,17,20)/t10-,12-/m0/s1. The minimum atomic E-state index is -3.77. The third-order valence-electron chi connectivity index (χ3n) is 4.35. The van der Waals surface area contributed by atoms with Crippen molar-refractivity contribution in [1.82, 2.24) is 4.90 Å². The summed E-state index contributed by atoms with van der Waals surface area (Å²) in [5.41, 5.74) is 5.61. The molecule has 2 heterocycles. The van der Waals surface area contributed by atoms with E-state index in [2.05, 4.69) is 4.40 Å². The Morgan fingerprint density at radius 3 is 2.76 bits per heavy atom. The van der Waals surface area contributed by atoms with Gasteiger partial charge in [-0.2, -0.15) is 8.42 Å². The predicted octanol–water partition coefficient (Wildman–Crippen LogP) is 0.407. The number of esters is 1. The fourth-order valence-electron chi connectivity index (χ4n) is 3.04. The molecule has 0 saturated carbocycles. The summed E-state index contributed by atoms with van der Waals surface area (Å²) in [7, 11) is -3.77. The topological polar surface area (TPSA) is 119 Å². The molecule has 1 saturated heterocycles. The smallest absolute Gasteiger partial charge is 0.329 e. The van der Waals surface area contributed by atoms with Gasteiger partial charge in [-0.1, -0.05) is 12.1 Å². The van der Waals surface area contributed by atoms with Crippen molar-refractivity contribution in [2.45, 2.75) is 43.2 Å². The van der Waals surface area contributed by atoms with Crippen molar-refractivity contribution in [3.63, 3.8) is 0 Å². The molecule has 3 rings (SSSR count). The molecule has 1 aromatic carbocycles. The van der Waals surface area contributed by atoms with Crippen LogP contribution in [-0.2, 0) is 24.3 Å². The van der Waals surface area contributed by atoms with Crippen LogP contribution in [0, 0.1) is 0 Å². The number of hydrogen-bond acceptors (Lipinski definition) is 6. The van der Waals surface area contributed by atoms with Gasteiger partial charge in [-0.15, -0.1) is 4.40 Å². The highest BCUT2D eigenvalue weighted by Gasteiger charge is 2.39. The van der Waals surface area contributed by atoms with Gasteiger partial charge in [0.25, 0.3) is 15.9 Å². The zero-order valence-corrected chi connectivity index (χ0v) is 14.5. The molecule has 1 amide bonds. The molecule has 0 radical (unpaired) electrons. The Morgan fingerprint density at radius 2 is 2.04 bits per heavy atom. The van der Waals surface area contributed by atoms with Crippen LogP contribution in [-0.4, -0.2) is 49.7 Å². The van der Waals surface area contributed by atoms with Crippen LogP contribution in [0.3, 0.4) is 0 Å². The van der Waals surface area contributed by atoms with Crippen LogP contribution in [0.15, 0.2) is 33.6 Å². The maximum Gasteiger partial charge on any atom is 0.329 e. The third kappa shape index (κ3) is 3.23. The molecule has 134 valence electrons. The quantitative estimate of drug-likeness (QED) is 0.775. The van der Waals surface area contributed by atoms with Crippen LogP contribution in [0.2, 0.25) is 0 Å². The number of rotatable bonds is 3. The molecular formula is C16H19N3O5S. The van der Waals surface area contributed by atoms with E-state index in [0.29, 0.717) is 18.5 Å². The number of carbonyl (C=O) groups excluding carboxylic acids is 2. The summed E-state index contributed by atoms with van der Waals surface area (Å²) in [5.74, 6) is -1.08. The van der Waals surface area contributed by atoms with Gasteiger partial charge in [0.2, 0.25) is 0 Å². The number of sulfonamides is 1. The van der Waals surface area contributed by atoms with Crippen molar-refractivity contribution in [2.24, 2.45) is 10.1 Å². The van der Waals surface area contributed by atoms with E-state index in [9.17, 15) is 18.0 Å². The van der Waals surface area contributed by atoms with E-state index in [4.69, 9.17) is 10.5 Å². The number of ether oxygens (including phenoxy) is 1. The number of carbonyl (C=O) groups is 2. The van der Waals surface area contributed by atoms with E-state index in [1.807, 2.05) is 0 Å². The average Bonchev–Trinajstić information content (AvgIpc) is 2.86. The van der Waals surface area contributed by atoms with Gasteiger partial charge in [-0.05, 0) is 38.3 Å². The highest BCUT2D eigenvalue weighted by atomic mass is 32.2. The molecule has 1 aromatic rings. The van der Waals surface area contributed by atoms with Crippen molar-refractivity contribution in [1.29, 1.82) is 0 Å². The van der Waals surface area contributed by atoms with E-state index in [0.717, 1.165) is 12.8 Å². The van der Waals surface area contributed by atoms with Crippen LogP contribution in [0.4, 0.5) is 0 Å². The Balaban J connectivity index is 1.92. The lowest BCUT2D eigenvalue weighted by atomic mass is 10.0. The summed E-state index contributed by atoms with van der Waals surface area (Å²) in [6.45, 7) is 1.88. The number of primary amides is 1. The van der Waals surface area contributed by atoms with Crippen LogP contribution in [0.1, 0.15) is 31.7 Å². The minimum absolute atomic E-state index is 0.133. The molecule has 0 aliphatic carbocycles. The second kappa shape index (κ2) is 6.47. The van der Waals surface area contributed by atoms with Crippen LogP contribution >= 0.6 is 0 Å². The summed E-state index contributed by atoms with van der Waals surface area (Å²) in [6, 6.07) is 5.82. The molecular weight excluding hydrogens is 346 g/mol. The van der Waals surface area contributed by atoms with Crippen LogP contribution in [0.25, 0.3) is 0 Å². The first-order valence-electron chi connectivity index (χ1n) is 8.02. The lowest BCUT2D eigenvalue weighted by Crippen LogP contribution is -2.50. The van der Waals surface area contributed by atoms with Crippen molar-refractivity contribution in [3.05, 3.63) is 29.8 Å². The Bertz CT molecular complexity index is 849. The van der Waals surface area contributed by atoms with Crippen LogP contribution in [0.5, 0.6) is 0 Å². The highest BCUT2D eigenvalue weighted by Crippen LogP contribution is 2.31. The Hall–Kier alpha value is -2.42. The molecule has 2 aliphatic rings. The zero-order valence-electron chi connectivity index (χ0n) is 13.7. The molecule has 0 aromatic heterocycles. The molecule has 8 nitrogen and oxygen atoms in total. The van der Waals surface area contributed by atoms with E-state index in [1.165, 1.54) is 13.0 Å². The molecule has 2 aliphatic heterocycles. The van der Waals surface area contributed by atoms with E-state index in [-0.39, 0.29) is 10.7 Å². The monoisotopic (exact) mass is 365 g/mol. The van der Waals surface area contributed by atoms with Gasteiger partial charge >= 0.3 is 5.97 Å². The maximum absolute atomic E-state index is 12.5. The normalized spacial score (nSPS) is 22.7. The summed E-state index contributed by atoms with van der Waals surface area (Å²) < 4.78 is 33.5. The van der Waals surface area contributed by atoms with Gasteiger partial charge in [-0.3, -0.25) is 4.79 Å². The number of nitrogens with two attached hydrogens (primary N) is 1. The first-order chi connectivity index (χ1) is 11.8. The molecule has 1 fully saturated rings. The molecule has 0 spiro atoms. The number of benzene rings is 1. The second-order valence-electron chi connectivity index (χ2n) is 6.07. The lowest BCUT2D eigenvalue weighted by molar-refractivity contribution is -0.158. The van der Waals surface area contributed by atoms with Crippen molar-refractivity contribution in [3.8, 4) is 0 Å². The molecule has 2 N–H and O–H groups in total.